The van der Waals surface area contributed by atoms with E-state index in [1.165, 1.54) is 0 Å². The molecule has 0 N–H and O–H groups in total. The predicted molar refractivity (Wildman–Crippen MR) is 87.8 cm³/mol. The Kier molecular flexibility index (Phi) is 3.37. The summed E-state index contributed by atoms with van der Waals surface area (Å²) in [6, 6.07) is 20.1. The van der Waals surface area contributed by atoms with Crippen LogP contribution in [-0.4, -0.2) is 25.2 Å². The summed E-state index contributed by atoms with van der Waals surface area (Å²) in [7, 11) is 0. The summed E-state index contributed by atoms with van der Waals surface area (Å²) in [5.41, 5.74) is 4.86. The van der Waals surface area contributed by atoms with Gasteiger partial charge < -0.3 is 0 Å². The summed E-state index contributed by atoms with van der Waals surface area (Å²) in [6.07, 6.45) is 5.25. The van der Waals surface area contributed by atoms with Gasteiger partial charge in [-0.15, -0.1) is 5.10 Å². The van der Waals surface area contributed by atoms with Gasteiger partial charge in [-0.3, -0.25) is 0 Å². The van der Waals surface area contributed by atoms with Crippen molar-refractivity contribution in [3.05, 3.63) is 79.3 Å². The van der Waals surface area contributed by atoms with E-state index in [1.807, 2.05) is 66.9 Å². The third kappa shape index (κ3) is 2.60. The van der Waals surface area contributed by atoms with E-state index in [0.29, 0.717) is 0 Å². The van der Waals surface area contributed by atoms with Crippen molar-refractivity contribution in [2.24, 2.45) is 0 Å². The summed E-state index contributed by atoms with van der Waals surface area (Å²) in [5, 5.41) is 16.4. The molecule has 0 unspecified atom stereocenters. The lowest BCUT2D eigenvalue weighted by atomic mass is 10.0. The van der Waals surface area contributed by atoms with Crippen molar-refractivity contribution in [2.45, 2.75) is 0 Å². The molecule has 0 spiro atoms. The molecule has 110 valence electrons. The highest BCUT2D eigenvalue weighted by Gasteiger charge is 2.09. The quantitative estimate of drug-likeness (QED) is 0.582. The van der Waals surface area contributed by atoms with Gasteiger partial charge in [0.25, 0.3) is 0 Å². The van der Waals surface area contributed by atoms with E-state index in [4.69, 9.17) is 0 Å². The minimum absolute atomic E-state index is 0.844. The Bertz CT molecular complexity index is 917. The minimum atomic E-state index is 0.844. The van der Waals surface area contributed by atoms with Gasteiger partial charge in [0.05, 0.1) is 30.0 Å². The van der Waals surface area contributed by atoms with Gasteiger partial charge in [-0.2, -0.15) is 10.2 Å². The van der Waals surface area contributed by atoms with E-state index in [0.717, 1.165) is 28.1 Å². The first-order valence-corrected chi connectivity index (χ1v) is 7.26. The lowest BCUT2D eigenvalue weighted by Gasteiger charge is -2.09. The van der Waals surface area contributed by atoms with Gasteiger partial charge >= 0.3 is 0 Å². The monoisotopic (exact) mass is 299 g/mol. The molecule has 2 heterocycles. The second kappa shape index (κ2) is 5.81. The molecule has 4 rings (SSSR count). The molecule has 0 radical (unpaired) electrons. The van der Waals surface area contributed by atoms with Crippen LogP contribution in [0.25, 0.3) is 28.1 Å². The number of nitrogens with zero attached hydrogens (tertiary/aromatic N) is 5. The predicted octanol–water partition coefficient (Wildman–Crippen LogP) is 3.39. The molecule has 23 heavy (non-hydrogen) atoms. The zero-order chi connectivity index (χ0) is 15.5. The maximum Gasteiger partial charge on any atom is 0.0935 e. The van der Waals surface area contributed by atoms with E-state index in [9.17, 15) is 0 Å². The second-order valence-corrected chi connectivity index (χ2v) is 5.06. The van der Waals surface area contributed by atoms with E-state index in [-0.39, 0.29) is 0 Å². The normalized spacial score (nSPS) is 10.6. The number of aromatic nitrogens is 5. The highest BCUT2D eigenvalue weighted by atomic mass is 15.4. The summed E-state index contributed by atoms with van der Waals surface area (Å²) >= 11 is 0. The standard InChI is InChI=1S/C18H13N5/c1-2-6-14(7-3-1)17-12-15(13-20-21-17)16-8-4-5-9-18(16)23-11-10-19-22-23/h1-13H. The lowest BCUT2D eigenvalue weighted by molar-refractivity contribution is 0.804. The van der Waals surface area contributed by atoms with E-state index in [1.54, 1.807) is 17.1 Å². The summed E-state index contributed by atoms with van der Waals surface area (Å²) in [4.78, 5) is 0. The largest absolute Gasteiger partial charge is 0.220 e. The van der Waals surface area contributed by atoms with Gasteiger partial charge in [0.1, 0.15) is 0 Å². The number of hydrogen-bond acceptors (Lipinski definition) is 4. The fraction of sp³-hybridized carbons (Fsp3) is 0. The SMILES string of the molecule is c1ccc(-c2cc(-c3ccccc3-n3ccnn3)cnn2)cc1. The molecule has 5 heteroatoms. The first-order chi connectivity index (χ1) is 11.4. The van der Waals surface area contributed by atoms with Crippen LogP contribution in [0.1, 0.15) is 0 Å². The molecule has 0 aliphatic rings. The van der Waals surface area contributed by atoms with Crippen LogP contribution in [0, 0.1) is 0 Å². The Balaban J connectivity index is 1.84. The molecule has 4 aromatic rings. The Hall–Kier alpha value is -3.34. The Morgan fingerprint density at radius 2 is 1.61 bits per heavy atom. The average Bonchev–Trinajstić information content (AvgIpc) is 3.17. The molecule has 5 nitrogen and oxygen atoms in total. The molecular weight excluding hydrogens is 286 g/mol. The molecule has 0 bridgehead atoms. The molecule has 0 amide bonds. The molecular formula is C18H13N5. The molecule has 2 aromatic carbocycles. The van der Waals surface area contributed by atoms with Gasteiger partial charge in [0.2, 0.25) is 0 Å². The van der Waals surface area contributed by atoms with Crippen molar-refractivity contribution < 1.29 is 0 Å². The molecule has 0 aliphatic carbocycles. The van der Waals surface area contributed by atoms with Gasteiger partial charge in [-0.05, 0) is 12.1 Å². The first-order valence-electron chi connectivity index (χ1n) is 7.26. The van der Waals surface area contributed by atoms with Crippen LogP contribution in [0.5, 0.6) is 0 Å². The van der Waals surface area contributed by atoms with E-state index >= 15 is 0 Å². The summed E-state index contributed by atoms with van der Waals surface area (Å²) in [5.74, 6) is 0. The van der Waals surface area contributed by atoms with Gasteiger partial charge in [-0.1, -0.05) is 53.7 Å². The van der Waals surface area contributed by atoms with Crippen LogP contribution >= 0.6 is 0 Å². The Labute approximate surface area is 133 Å². The number of hydrogen-bond donors (Lipinski definition) is 0. The fourth-order valence-electron chi connectivity index (χ4n) is 2.52. The zero-order valence-corrected chi connectivity index (χ0v) is 12.2. The van der Waals surface area contributed by atoms with Gasteiger partial charge in [-0.25, -0.2) is 4.68 Å². The van der Waals surface area contributed by atoms with Crippen LogP contribution < -0.4 is 0 Å². The van der Waals surface area contributed by atoms with Crippen LogP contribution in [-0.2, 0) is 0 Å². The molecule has 0 aliphatic heterocycles. The Morgan fingerprint density at radius 1 is 0.783 bits per heavy atom. The van der Waals surface area contributed by atoms with E-state index < -0.39 is 0 Å². The van der Waals surface area contributed by atoms with Crippen molar-refractivity contribution in [3.63, 3.8) is 0 Å². The molecule has 0 saturated heterocycles. The lowest BCUT2D eigenvalue weighted by Crippen LogP contribution is -1.98. The maximum absolute atomic E-state index is 4.24. The first kappa shape index (κ1) is 13.3. The van der Waals surface area contributed by atoms with Crippen molar-refractivity contribution in [2.75, 3.05) is 0 Å². The van der Waals surface area contributed by atoms with Crippen LogP contribution in [0.4, 0.5) is 0 Å². The summed E-state index contributed by atoms with van der Waals surface area (Å²) in [6.45, 7) is 0. The highest BCUT2D eigenvalue weighted by Crippen LogP contribution is 2.28. The minimum Gasteiger partial charge on any atom is -0.220 e. The molecule has 0 fully saturated rings. The van der Waals surface area contributed by atoms with Gasteiger partial charge in [0, 0.05) is 16.7 Å². The van der Waals surface area contributed by atoms with Crippen LogP contribution in [0.15, 0.2) is 79.3 Å². The smallest absolute Gasteiger partial charge is 0.0935 e. The van der Waals surface area contributed by atoms with Crippen molar-refractivity contribution in [1.29, 1.82) is 0 Å². The van der Waals surface area contributed by atoms with Gasteiger partial charge in [0.15, 0.2) is 0 Å². The zero-order valence-electron chi connectivity index (χ0n) is 12.2. The molecule has 2 aromatic heterocycles. The number of benzene rings is 2. The molecule has 0 atom stereocenters. The number of para-hydroxylation sites is 1. The average molecular weight is 299 g/mol. The third-order valence-corrected chi connectivity index (χ3v) is 3.61. The maximum atomic E-state index is 4.24. The number of rotatable bonds is 3. The van der Waals surface area contributed by atoms with Crippen LogP contribution in [0.2, 0.25) is 0 Å². The van der Waals surface area contributed by atoms with Crippen molar-refractivity contribution >= 4 is 0 Å². The highest BCUT2D eigenvalue weighted by molar-refractivity contribution is 5.75. The Morgan fingerprint density at radius 3 is 2.43 bits per heavy atom. The van der Waals surface area contributed by atoms with E-state index in [2.05, 4.69) is 20.5 Å². The van der Waals surface area contributed by atoms with Crippen molar-refractivity contribution in [1.82, 2.24) is 25.2 Å². The van der Waals surface area contributed by atoms with Crippen molar-refractivity contribution in [3.8, 4) is 28.1 Å². The fourth-order valence-corrected chi connectivity index (χ4v) is 2.52. The molecule has 0 saturated carbocycles. The third-order valence-electron chi connectivity index (χ3n) is 3.61. The second-order valence-electron chi connectivity index (χ2n) is 5.06. The summed E-state index contributed by atoms with van der Waals surface area (Å²) < 4.78 is 1.75. The topological polar surface area (TPSA) is 56.5 Å². The van der Waals surface area contributed by atoms with Crippen LogP contribution in [0.3, 0.4) is 0 Å².